The molecule has 0 bridgehead atoms. The van der Waals surface area contributed by atoms with Crippen LogP contribution < -0.4 is 0 Å². The zero-order valence-corrected chi connectivity index (χ0v) is 9.80. The third-order valence-corrected chi connectivity index (χ3v) is 2.83. The smallest absolute Gasteiger partial charge is 0.394 e. The minimum Gasteiger partial charge on any atom is -0.394 e. The number of aliphatic hydroxyl groups excluding tert-OH is 3. The lowest BCUT2D eigenvalue weighted by Gasteiger charge is -2.22. The Hall–Kier alpha value is -0.0900. The average molecular weight is 274 g/mol. The molecule has 0 spiro atoms. The Balaban J connectivity index is 2.71. The minimum absolute atomic E-state index is 0.492. The average Bonchev–Trinajstić information content (AvgIpc) is 2.47. The summed E-state index contributed by atoms with van der Waals surface area (Å²) in [5.41, 5.74) is 0. The van der Waals surface area contributed by atoms with Gasteiger partial charge in [-0.05, 0) is 0 Å². The van der Waals surface area contributed by atoms with Crippen molar-refractivity contribution in [3.63, 3.8) is 0 Å². The monoisotopic (exact) mass is 274 g/mol. The van der Waals surface area contributed by atoms with E-state index >= 15 is 0 Å². The van der Waals surface area contributed by atoms with Gasteiger partial charge >= 0.3 is 7.82 Å². The fourth-order valence-electron chi connectivity index (χ4n) is 1.51. The quantitative estimate of drug-likeness (QED) is 0.345. The van der Waals surface area contributed by atoms with E-state index in [-0.39, 0.29) is 0 Å². The fourth-order valence-corrected chi connectivity index (χ4v) is 1.96. The number of phosphoric ester groups is 1. The van der Waals surface area contributed by atoms with Crippen molar-refractivity contribution in [2.45, 2.75) is 30.7 Å². The van der Waals surface area contributed by atoms with Crippen molar-refractivity contribution in [1.29, 1.82) is 0 Å². The summed E-state index contributed by atoms with van der Waals surface area (Å²) in [6.07, 6.45) is -6.89. The van der Waals surface area contributed by atoms with Gasteiger partial charge in [0, 0.05) is 7.11 Å². The van der Waals surface area contributed by atoms with Crippen molar-refractivity contribution in [2.75, 3.05) is 13.7 Å². The van der Waals surface area contributed by atoms with Gasteiger partial charge in [-0.1, -0.05) is 0 Å². The molecular weight excluding hydrogens is 259 g/mol. The molecular formula is C7H15O9P. The Bertz CT molecular complexity index is 287. The van der Waals surface area contributed by atoms with E-state index < -0.39 is 45.1 Å². The molecule has 0 aromatic carbocycles. The summed E-state index contributed by atoms with van der Waals surface area (Å²) in [5.74, 6) is 0. The van der Waals surface area contributed by atoms with E-state index in [9.17, 15) is 14.8 Å². The second-order valence-corrected chi connectivity index (χ2v) is 4.69. The van der Waals surface area contributed by atoms with E-state index in [0.29, 0.717) is 0 Å². The lowest BCUT2D eigenvalue weighted by Crippen LogP contribution is -2.41. The Morgan fingerprint density at radius 2 is 1.94 bits per heavy atom. The third kappa shape index (κ3) is 3.68. The minimum atomic E-state index is -4.85. The Morgan fingerprint density at radius 3 is 2.35 bits per heavy atom. The van der Waals surface area contributed by atoms with E-state index in [0.717, 1.165) is 0 Å². The predicted molar refractivity (Wildman–Crippen MR) is 51.7 cm³/mol. The van der Waals surface area contributed by atoms with Crippen LogP contribution in [0.4, 0.5) is 0 Å². The molecule has 0 unspecified atom stereocenters. The largest absolute Gasteiger partial charge is 0.472 e. The molecule has 0 aromatic heterocycles. The van der Waals surface area contributed by atoms with Crippen molar-refractivity contribution < 1.29 is 43.7 Å². The second-order valence-electron chi connectivity index (χ2n) is 3.50. The van der Waals surface area contributed by atoms with Crippen molar-refractivity contribution in [3.8, 4) is 0 Å². The summed E-state index contributed by atoms with van der Waals surface area (Å²) < 4.78 is 24.4. The molecule has 0 aromatic rings. The lowest BCUT2D eigenvalue weighted by atomic mass is 10.1. The molecule has 1 rings (SSSR count). The predicted octanol–water partition coefficient (Wildman–Crippen LogP) is -2.45. The summed E-state index contributed by atoms with van der Waals surface area (Å²) in [7, 11) is -3.60. The number of rotatable bonds is 5. The molecule has 0 aliphatic carbocycles. The van der Waals surface area contributed by atoms with Crippen LogP contribution in [0.5, 0.6) is 0 Å². The topological polar surface area (TPSA) is 146 Å². The van der Waals surface area contributed by atoms with Crippen LogP contribution in [0.1, 0.15) is 0 Å². The van der Waals surface area contributed by atoms with Gasteiger partial charge in [0.15, 0.2) is 6.29 Å². The fraction of sp³-hybridized carbons (Fsp3) is 1.00. The first-order valence-electron chi connectivity index (χ1n) is 4.69. The molecule has 5 atom stereocenters. The first-order valence-corrected chi connectivity index (χ1v) is 6.22. The lowest BCUT2D eigenvalue weighted by molar-refractivity contribution is -0.149. The third-order valence-electron chi connectivity index (χ3n) is 2.35. The summed E-state index contributed by atoms with van der Waals surface area (Å²) in [6.45, 7) is -0.492. The number of aliphatic hydroxyl groups is 3. The highest BCUT2D eigenvalue weighted by molar-refractivity contribution is 7.46. The molecule has 0 saturated carbocycles. The molecule has 10 heteroatoms. The molecule has 102 valence electrons. The van der Waals surface area contributed by atoms with Crippen LogP contribution in [-0.4, -0.2) is 69.5 Å². The molecule has 0 radical (unpaired) electrons. The zero-order valence-electron chi connectivity index (χ0n) is 8.91. The van der Waals surface area contributed by atoms with Crippen molar-refractivity contribution >= 4 is 7.82 Å². The number of methoxy groups -OCH3 is 1. The van der Waals surface area contributed by atoms with Crippen LogP contribution in [0.15, 0.2) is 0 Å². The standard InChI is InChI=1S/C7H15O9P/c1-14-3(2-8)6-4(9)5(10)7(15-6)16-17(11,12)13/h3-10H,2H2,1H3,(H2,11,12,13)/t3-,4-,5-,6+,7-/m1/s1. The van der Waals surface area contributed by atoms with Gasteiger partial charge in [0.05, 0.1) is 6.61 Å². The van der Waals surface area contributed by atoms with E-state index in [1.807, 2.05) is 0 Å². The van der Waals surface area contributed by atoms with Gasteiger partial charge in [0.2, 0.25) is 0 Å². The number of hydrogen-bond acceptors (Lipinski definition) is 7. The highest BCUT2D eigenvalue weighted by Crippen LogP contribution is 2.41. The van der Waals surface area contributed by atoms with Crippen LogP contribution in [0.3, 0.4) is 0 Å². The second kappa shape index (κ2) is 5.70. The number of ether oxygens (including phenoxy) is 2. The van der Waals surface area contributed by atoms with Gasteiger partial charge in [0.25, 0.3) is 0 Å². The first-order chi connectivity index (χ1) is 7.80. The molecule has 1 heterocycles. The summed E-state index contributed by atoms with van der Waals surface area (Å²) >= 11 is 0. The summed E-state index contributed by atoms with van der Waals surface area (Å²) in [4.78, 5) is 17.1. The maximum atomic E-state index is 10.6. The molecule has 1 aliphatic rings. The molecule has 1 aliphatic heterocycles. The highest BCUT2D eigenvalue weighted by atomic mass is 31.2. The molecule has 17 heavy (non-hydrogen) atoms. The van der Waals surface area contributed by atoms with Crippen LogP contribution >= 0.6 is 7.82 Å². The maximum Gasteiger partial charge on any atom is 0.472 e. The first kappa shape index (κ1) is 15.0. The number of hydrogen-bond donors (Lipinski definition) is 5. The Labute approximate surface area is 96.8 Å². The molecule has 5 N–H and O–H groups in total. The van der Waals surface area contributed by atoms with E-state index in [1.54, 1.807) is 0 Å². The van der Waals surface area contributed by atoms with Gasteiger partial charge in [-0.2, -0.15) is 0 Å². The SMILES string of the molecule is CO[C@H](CO)[C@@H]1O[C@H](OP(=O)(O)O)[C@H](O)[C@H]1O. The molecule has 0 amide bonds. The molecule has 1 fully saturated rings. The van der Waals surface area contributed by atoms with Crippen LogP contribution in [0, 0.1) is 0 Å². The van der Waals surface area contributed by atoms with Gasteiger partial charge in [0.1, 0.15) is 24.4 Å². The molecule has 9 nitrogen and oxygen atoms in total. The maximum absolute atomic E-state index is 10.6. The van der Waals surface area contributed by atoms with Gasteiger partial charge in [-0.25, -0.2) is 4.57 Å². The van der Waals surface area contributed by atoms with E-state index in [1.165, 1.54) is 7.11 Å². The van der Waals surface area contributed by atoms with Gasteiger partial charge < -0.3 is 34.6 Å². The van der Waals surface area contributed by atoms with Gasteiger partial charge in [-0.15, -0.1) is 0 Å². The van der Waals surface area contributed by atoms with E-state index in [4.69, 9.17) is 24.4 Å². The zero-order chi connectivity index (χ0) is 13.2. The summed E-state index contributed by atoms with van der Waals surface area (Å²) in [5, 5.41) is 27.9. The highest BCUT2D eigenvalue weighted by Gasteiger charge is 2.49. The van der Waals surface area contributed by atoms with Crippen LogP contribution in [-0.2, 0) is 18.6 Å². The van der Waals surface area contributed by atoms with E-state index in [2.05, 4.69) is 4.52 Å². The van der Waals surface area contributed by atoms with Crippen molar-refractivity contribution in [2.24, 2.45) is 0 Å². The molecule has 1 saturated heterocycles. The number of phosphoric acid groups is 1. The van der Waals surface area contributed by atoms with Gasteiger partial charge in [-0.3, -0.25) is 4.52 Å². The Kier molecular flexibility index (Phi) is 5.02. The van der Waals surface area contributed by atoms with Crippen molar-refractivity contribution in [3.05, 3.63) is 0 Å². The van der Waals surface area contributed by atoms with Crippen LogP contribution in [0.25, 0.3) is 0 Å². The summed E-state index contributed by atoms with van der Waals surface area (Å²) in [6, 6.07) is 0. The Morgan fingerprint density at radius 1 is 1.35 bits per heavy atom. The normalized spacial score (nSPS) is 36.1. The van der Waals surface area contributed by atoms with Crippen molar-refractivity contribution in [1.82, 2.24) is 0 Å². The van der Waals surface area contributed by atoms with Crippen LogP contribution in [0.2, 0.25) is 0 Å².